The van der Waals surface area contributed by atoms with Gasteiger partial charge in [-0.05, 0) is 17.3 Å². The number of esters is 2. The van der Waals surface area contributed by atoms with Crippen LogP contribution in [0.15, 0.2) is 0 Å². The van der Waals surface area contributed by atoms with Crippen LogP contribution in [0, 0.1) is 16.7 Å². The summed E-state index contributed by atoms with van der Waals surface area (Å²) in [5.74, 6) is -1.14. The number of rotatable bonds is 8. The van der Waals surface area contributed by atoms with Crippen molar-refractivity contribution in [1.29, 1.82) is 0 Å². The molecule has 0 bridgehead atoms. The smallest absolute Gasteiger partial charge is 0.309 e. The minimum atomic E-state index is -1.08. The molecule has 0 aliphatic rings. The first kappa shape index (κ1) is 21.9. The summed E-state index contributed by atoms with van der Waals surface area (Å²) >= 11 is 0. The van der Waals surface area contributed by atoms with E-state index in [1.165, 1.54) is 0 Å². The van der Waals surface area contributed by atoms with Crippen LogP contribution in [-0.4, -0.2) is 48.1 Å². The predicted molar refractivity (Wildman–Crippen MR) is 86.6 cm³/mol. The van der Waals surface area contributed by atoms with E-state index in [9.17, 15) is 9.59 Å². The van der Waals surface area contributed by atoms with Crippen LogP contribution in [0.3, 0.4) is 0 Å². The number of carbonyl (C=O) groups is 2. The quantitative estimate of drug-likeness (QED) is 0.660. The predicted octanol–water partition coefficient (Wildman–Crippen LogP) is 1.91. The van der Waals surface area contributed by atoms with E-state index in [1.54, 1.807) is 0 Å². The summed E-state index contributed by atoms with van der Waals surface area (Å²) < 4.78 is 9.97. The van der Waals surface area contributed by atoms with Crippen LogP contribution in [0.5, 0.6) is 0 Å². The topological polar surface area (TPSA) is 93.1 Å². The number of aliphatic hydroxyl groups is 2. The summed E-state index contributed by atoms with van der Waals surface area (Å²) in [7, 11) is 0. The fourth-order valence-electron chi connectivity index (χ4n) is 2.01. The average molecular weight is 332 g/mol. The molecule has 136 valence electrons. The molecular formula is C17H32O6. The van der Waals surface area contributed by atoms with E-state index < -0.39 is 18.7 Å². The van der Waals surface area contributed by atoms with Crippen molar-refractivity contribution in [3.63, 3.8) is 0 Å². The van der Waals surface area contributed by atoms with Gasteiger partial charge in [0.05, 0.1) is 18.9 Å². The highest BCUT2D eigenvalue weighted by Crippen LogP contribution is 2.36. The molecule has 0 saturated heterocycles. The maximum absolute atomic E-state index is 12.3. The highest BCUT2D eigenvalue weighted by Gasteiger charge is 2.35. The highest BCUT2D eigenvalue weighted by molar-refractivity contribution is 5.74. The zero-order chi connectivity index (χ0) is 18.3. The molecule has 0 aromatic carbocycles. The van der Waals surface area contributed by atoms with Gasteiger partial charge in [0.1, 0.15) is 19.3 Å². The molecule has 0 amide bonds. The molecular weight excluding hydrogens is 300 g/mol. The monoisotopic (exact) mass is 332 g/mol. The second-order valence-corrected chi connectivity index (χ2v) is 8.12. The lowest BCUT2D eigenvalue weighted by Crippen LogP contribution is -2.34. The van der Waals surface area contributed by atoms with Crippen molar-refractivity contribution in [2.45, 2.75) is 60.5 Å². The van der Waals surface area contributed by atoms with E-state index in [0.29, 0.717) is 6.42 Å². The van der Waals surface area contributed by atoms with Gasteiger partial charge in [-0.1, -0.05) is 41.5 Å². The molecule has 2 atom stereocenters. The van der Waals surface area contributed by atoms with Crippen LogP contribution in [0.1, 0.15) is 54.4 Å². The van der Waals surface area contributed by atoms with Gasteiger partial charge in [0, 0.05) is 0 Å². The SMILES string of the molecule is CC(C)(C)CC(C(=O)OCCC(=O)OCC(O)CO)C(C)(C)C. The van der Waals surface area contributed by atoms with Gasteiger partial charge in [0.25, 0.3) is 0 Å². The molecule has 0 aromatic rings. The Balaban J connectivity index is 4.36. The third-order valence-electron chi connectivity index (χ3n) is 3.34. The minimum Gasteiger partial charge on any atom is -0.465 e. The van der Waals surface area contributed by atoms with Gasteiger partial charge in [0.15, 0.2) is 0 Å². The van der Waals surface area contributed by atoms with Gasteiger partial charge in [0.2, 0.25) is 0 Å². The van der Waals surface area contributed by atoms with Gasteiger partial charge >= 0.3 is 11.9 Å². The summed E-state index contributed by atoms with van der Waals surface area (Å²) in [5.41, 5.74) is -0.230. The second kappa shape index (κ2) is 9.23. The normalized spacial score (nSPS) is 15.0. The third kappa shape index (κ3) is 10.3. The second-order valence-electron chi connectivity index (χ2n) is 8.12. The molecule has 0 saturated carbocycles. The maximum Gasteiger partial charge on any atom is 0.309 e. The first-order chi connectivity index (χ1) is 10.4. The molecule has 0 spiro atoms. The summed E-state index contributed by atoms with van der Waals surface area (Å²) in [6.07, 6.45) is -0.461. The Bertz CT molecular complexity index is 378. The van der Waals surface area contributed by atoms with Crippen LogP contribution < -0.4 is 0 Å². The first-order valence-electron chi connectivity index (χ1n) is 7.98. The van der Waals surface area contributed by atoms with E-state index in [1.807, 2.05) is 20.8 Å². The Hall–Kier alpha value is -1.14. The number of hydrogen-bond donors (Lipinski definition) is 2. The lowest BCUT2D eigenvalue weighted by Gasteiger charge is -2.33. The Labute approximate surface area is 139 Å². The standard InChI is InChI=1S/C17H32O6/c1-16(2,3)9-13(17(4,5)6)15(21)22-8-7-14(20)23-11-12(19)10-18/h12-13,18-19H,7-11H2,1-6H3. The molecule has 0 rings (SSSR count). The van der Waals surface area contributed by atoms with Crippen molar-refractivity contribution in [1.82, 2.24) is 0 Å². The van der Waals surface area contributed by atoms with Crippen molar-refractivity contribution >= 4 is 11.9 Å². The Morgan fingerprint density at radius 2 is 1.61 bits per heavy atom. The van der Waals surface area contributed by atoms with Gasteiger partial charge in [-0.3, -0.25) is 9.59 Å². The Morgan fingerprint density at radius 1 is 1.04 bits per heavy atom. The fourth-order valence-corrected chi connectivity index (χ4v) is 2.01. The molecule has 0 aliphatic carbocycles. The summed E-state index contributed by atoms with van der Waals surface area (Å²) in [4.78, 5) is 23.7. The molecule has 2 unspecified atom stereocenters. The van der Waals surface area contributed by atoms with Crippen LogP contribution >= 0.6 is 0 Å². The van der Waals surface area contributed by atoms with E-state index in [4.69, 9.17) is 19.7 Å². The zero-order valence-electron chi connectivity index (χ0n) is 15.2. The Morgan fingerprint density at radius 3 is 2.04 bits per heavy atom. The van der Waals surface area contributed by atoms with Crippen LogP contribution in [0.2, 0.25) is 0 Å². The third-order valence-corrected chi connectivity index (χ3v) is 3.34. The number of aliphatic hydroxyl groups excluding tert-OH is 2. The van der Waals surface area contributed by atoms with Gasteiger partial charge in [-0.15, -0.1) is 0 Å². The van der Waals surface area contributed by atoms with Crippen LogP contribution in [-0.2, 0) is 19.1 Å². The van der Waals surface area contributed by atoms with Crippen molar-refractivity contribution < 1.29 is 29.3 Å². The summed E-state index contributed by atoms with van der Waals surface area (Å²) in [6.45, 7) is 11.4. The molecule has 0 aliphatic heterocycles. The average Bonchev–Trinajstić information content (AvgIpc) is 2.39. The lowest BCUT2D eigenvalue weighted by molar-refractivity contribution is -0.157. The van der Waals surface area contributed by atoms with Gasteiger partial charge in [-0.25, -0.2) is 0 Å². The van der Waals surface area contributed by atoms with Gasteiger partial charge < -0.3 is 19.7 Å². The van der Waals surface area contributed by atoms with Gasteiger partial charge in [-0.2, -0.15) is 0 Å². The zero-order valence-corrected chi connectivity index (χ0v) is 15.2. The molecule has 0 heterocycles. The molecule has 6 nitrogen and oxygen atoms in total. The van der Waals surface area contributed by atoms with E-state index in [2.05, 4.69) is 20.8 Å². The summed E-state index contributed by atoms with van der Waals surface area (Å²) in [6, 6.07) is 0. The summed E-state index contributed by atoms with van der Waals surface area (Å²) in [5, 5.41) is 17.7. The van der Waals surface area contributed by atoms with E-state index in [-0.39, 0.29) is 42.4 Å². The molecule has 0 radical (unpaired) electrons. The molecule has 0 aromatic heterocycles. The Kier molecular flexibility index (Phi) is 8.77. The maximum atomic E-state index is 12.3. The van der Waals surface area contributed by atoms with E-state index >= 15 is 0 Å². The van der Waals surface area contributed by atoms with Crippen molar-refractivity contribution in [2.75, 3.05) is 19.8 Å². The van der Waals surface area contributed by atoms with Crippen molar-refractivity contribution in [3.05, 3.63) is 0 Å². The van der Waals surface area contributed by atoms with Crippen molar-refractivity contribution in [2.24, 2.45) is 16.7 Å². The number of ether oxygens (including phenoxy) is 2. The fraction of sp³-hybridized carbons (Fsp3) is 0.882. The first-order valence-corrected chi connectivity index (χ1v) is 7.98. The lowest BCUT2D eigenvalue weighted by atomic mass is 9.72. The highest BCUT2D eigenvalue weighted by atomic mass is 16.6. The van der Waals surface area contributed by atoms with Crippen LogP contribution in [0.4, 0.5) is 0 Å². The van der Waals surface area contributed by atoms with E-state index in [0.717, 1.165) is 0 Å². The molecule has 6 heteroatoms. The number of carbonyl (C=O) groups excluding carboxylic acids is 2. The number of hydrogen-bond acceptors (Lipinski definition) is 6. The molecule has 23 heavy (non-hydrogen) atoms. The molecule has 0 fully saturated rings. The molecule has 2 N–H and O–H groups in total. The largest absolute Gasteiger partial charge is 0.465 e. The van der Waals surface area contributed by atoms with Crippen LogP contribution in [0.25, 0.3) is 0 Å². The van der Waals surface area contributed by atoms with Crippen molar-refractivity contribution in [3.8, 4) is 0 Å². The minimum absolute atomic E-state index is 0.00364.